The summed E-state index contributed by atoms with van der Waals surface area (Å²) < 4.78 is 11.3. The number of aryl methyl sites for hydroxylation is 1. The summed E-state index contributed by atoms with van der Waals surface area (Å²) in [6, 6.07) is 8.38. The van der Waals surface area contributed by atoms with E-state index in [0.29, 0.717) is 19.7 Å². The monoisotopic (exact) mass is 372 g/mol. The Morgan fingerprint density at radius 3 is 2.77 bits per heavy atom. The topological polar surface area (TPSA) is 42.0 Å². The highest BCUT2D eigenvalue weighted by Crippen LogP contribution is 2.27. The lowest BCUT2D eigenvalue weighted by atomic mass is 10.1. The smallest absolute Gasteiger partial charge is 0.264 e. The molecule has 1 saturated heterocycles. The first-order valence-corrected chi connectivity index (χ1v) is 9.97. The SMILES string of the molecule is Cc1ccsc1C(=O)N1CCOc2ccc(CN3CCOCC3)cc2C1. The van der Waals surface area contributed by atoms with Crippen LogP contribution in [0.25, 0.3) is 0 Å². The summed E-state index contributed by atoms with van der Waals surface area (Å²) in [5.74, 6) is 1.00. The molecule has 2 aromatic rings. The van der Waals surface area contributed by atoms with Crippen molar-refractivity contribution in [3.63, 3.8) is 0 Å². The van der Waals surface area contributed by atoms with Gasteiger partial charge in [-0.15, -0.1) is 11.3 Å². The lowest BCUT2D eigenvalue weighted by Crippen LogP contribution is -2.35. The van der Waals surface area contributed by atoms with Crippen LogP contribution >= 0.6 is 11.3 Å². The van der Waals surface area contributed by atoms with Gasteiger partial charge in [0.15, 0.2) is 0 Å². The Hall–Kier alpha value is -1.89. The van der Waals surface area contributed by atoms with Crippen LogP contribution in [0.3, 0.4) is 0 Å². The number of carbonyl (C=O) groups excluding carboxylic acids is 1. The van der Waals surface area contributed by atoms with E-state index in [-0.39, 0.29) is 5.91 Å². The van der Waals surface area contributed by atoms with Gasteiger partial charge in [0, 0.05) is 31.7 Å². The molecule has 0 aliphatic carbocycles. The molecule has 1 aromatic carbocycles. The van der Waals surface area contributed by atoms with Crippen LogP contribution in [0.1, 0.15) is 26.4 Å². The summed E-state index contributed by atoms with van der Waals surface area (Å²) in [7, 11) is 0. The van der Waals surface area contributed by atoms with Gasteiger partial charge in [0.05, 0.1) is 24.6 Å². The van der Waals surface area contributed by atoms with E-state index in [9.17, 15) is 4.79 Å². The van der Waals surface area contributed by atoms with Crippen molar-refractivity contribution in [3.05, 3.63) is 51.2 Å². The quantitative estimate of drug-likeness (QED) is 0.831. The molecule has 0 atom stereocenters. The zero-order valence-corrected chi connectivity index (χ0v) is 15.9. The van der Waals surface area contributed by atoms with Gasteiger partial charge in [0.25, 0.3) is 5.91 Å². The summed E-state index contributed by atoms with van der Waals surface area (Å²) in [5, 5.41) is 1.98. The molecule has 0 N–H and O–H groups in total. The van der Waals surface area contributed by atoms with Gasteiger partial charge in [0.2, 0.25) is 0 Å². The number of hydrogen-bond acceptors (Lipinski definition) is 5. The number of morpholine rings is 1. The number of nitrogens with zero attached hydrogens (tertiary/aromatic N) is 2. The lowest BCUT2D eigenvalue weighted by Gasteiger charge is -2.27. The second-order valence-electron chi connectivity index (χ2n) is 6.84. The number of thiophene rings is 1. The number of ether oxygens (including phenoxy) is 2. The van der Waals surface area contributed by atoms with E-state index < -0.39 is 0 Å². The predicted octanol–water partition coefficient (Wildman–Crippen LogP) is 2.92. The molecule has 6 heteroatoms. The van der Waals surface area contributed by atoms with E-state index in [1.54, 1.807) is 0 Å². The molecular weight excluding hydrogens is 348 g/mol. The van der Waals surface area contributed by atoms with Gasteiger partial charge in [-0.25, -0.2) is 0 Å². The normalized spacial score (nSPS) is 18.1. The van der Waals surface area contributed by atoms with Crippen LogP contribution in [0, 0.1) is 6.92 Å². The summed E-state index contributed by atoms with van der Waals surface area (Å²) in [6.45, 7) is 8.19. The lowest BCUT2D eigenvalue weighted by molar-refractivity contribution is 0.0341. The fraction of sp³-hybridized carbons (Fsp3) is 0.450. The van der Waals surface area contributed by atoms with E-state index >= 15 is 0 Å². The zero-order chi connectivity index (χ0) is 17.9. The van der Waals surface area contributed by atoms with Crippen LogP contribution in [0.15, 0.2) is 29.6 Å². The number of fused-ring (bicyclic) bond motifs is 1. The summed E-state index contributed by atoms with van der Waals surface area (Å²) >= 11 is 1.52. The van der Waals surface area contributed by atoms with Crippen molar-refractivity contribution in [1.29, 1.82) is 0 Å². The van der Waals surface area contributed by atoms with Gasteiger partial charge in [-0.3, -0.25) is 9.69 Å². The molecule has 26 heavy (non-hydrogen) atoms. The molecule has 1 amide bonds. The first-order chi connectivity index (χ1) is 12.7. The fourth-order valence-electron chi connectivity index (χ4n) is 3.47. The fourth-order valence-corrected chi connectivity index (χ4v) is 4.36. The third kappa shape index (κ3) is 3.77. The first-order valence-electron chi connectivity index (χ1n) is 9.09. The molecule has 0 saturated carbocycles. The molecule has 0 radical (unpaired) electrons. The first kappa shape index (κ1) is 17.5. The highest BCUT2D eigenvalue weighted by Gasteiger charge is 2.23. The van der Waals surface area contributed by atoms with Crippen LogP contribution in [0.5, 0.6) is 5.75 Å². The summed E-state index contributed by atoms with van der Waals surface area (Å²) in [5.41, 5.74) is 3.40. The standard InChI is InChI=1S/C20H24N2O3S/c1-15-4-11-26-19(15)20(23)22-7-10-25-18-3-2-16(12-17(18)14-22)13-21-5-8-24-9-6-21/h2-4,11-12H,5-10,13-14H2,1H3. The van der Waals surface area contributed by atoms with Crippen LogP contribution in [0.2, 0.25) is 0 Å². The van der Waals surface area contributed by atoms with E-state index in [2.05, 4.69) is 23.1 Å². The van der Waals surface area contributed by atoms with E-state index in [1.807, 2.05) is 23.3 Å². The molecule has 3 heterocycles. The highest BCUT2D eigenvalue weighted by atomic mass is 32.1. The molecule has 2 aliphatic rings. The number of rotatable bonds is 3. The maximum atomic E-state index is 12.9. The van der Waals surface area contributed by atoms with Crippen molar-refractivity contribution < 1.29 is 14.3 Å². The molecule has 1 aromatic heterocycles. The molecule has 2 aliphatic heterocycles. The molecule has 0 unspecified atom stereocenters. The van der Waals surface area contributed by atoms with Crippen molar-refractivity contribution in [3.8, 4) is 5.75 Å². The van der Waals surface area contributed by atoms with Gasteiger partial charge < -0.3 is 14.4 Å². The average Bonchev–Trinajstić information content (AvgIpc) is 2.97. The van der Waals surface area contributed by atoms with Gasteiger partial charge >= 0.3 is 0 Å². The van der Waals surface area contributed by atoms with Crippen LogP contribution in [-0.2, 0) is 17.8 Å². The predicted molar refractivity (Wildman–Crippen MR) is 102 cm³/mol. The Kier molecular flexibility index (Phi) is 5.24. The molecular formula is C20H24N2O3S. The Morgan fingerprint density at radius 1 is 1.15 bits per heavy atom. The Balaban J connectivity index is 1.52. The van der Waals surface area contributed by atoms with Crippen LogP contribution in [0.4, 0.5) is 0 Å². The van der Waals surface area contributed by atoms with Crippen molar-refractivity contribution in [2.24, 2.45) is 0 Å². The molecule has 138 valence electrons. The average molecular weight is 372 g/mol. The van der Waals surface area contributed by atoms with Gasteiger partial charge in [0.1, 0.15) is 12.4 Å². The summed E-state index contributed by atoms with van der Waals surface area (Å²) in [6.07, 6.45) is 0. The van der Waals surface area contributed by atoms with Crippen LogP contribution < -0.4 is 4.74 Å². The van der Waals surface area contributed by atoms with E-state index in [4.69, 9.17) is 9.47 Å². The Labute approximate surface area is 158 Å². The Morgan fingerprint density at radius 2 is 2.00 bits per heavy atom. The molecule has 0 bridgehead atoms. The largest absolute Gasteiger partial charge is 0.491 e. The second kappa shape index (κ2) is 7.78. The number of benzene rings is 1. The van der Waals surface area contributed by atoms with Gasteiger partial charge in [-0.1, -0.05) is 6.07 Å². The Bertz CT molecular complexity index is 783. The molecule has 5 nitrogen and oxygen atoms in total. The minimum atomic E-state index is 0.104. The van der Waals surface area contributed by atoms with Crippen molar-refractivity contribution in [2.75, 3.05) is 39.5 Å². The van der Waals surface area contributed by atoms with Crippen LogP contribution in [-0.4, -0.2) is 55.2 Å². The van der Waals surface area contributed by atoms with E-state index in [0.717, 1.165) is 54.6 Å². The minimum absolute atomic E-state index is 0.104. The molecule has 4 rings (SSSR count). The second-order valence-corrected chi connectivity index (χ2v) is 7.75. The third-order valence-electron chi connectivity index (χ3n) is 4.96. The number of amides is 1. The maximum absolute atomic E-state index is 12.9. The van der Waals surface area contributed by atoms with Crippen molar-refractivity contribution in [2.45, 2.75) is 20.0 Å². The third-order valence-corrected chi connectivity index (χ3v) is 5.96. The molecule has 0 spiro atoms. The number of hydrogen-bond donors (Lipinski definition) is 0. The minimum Gasteiger partial charge on any atom is -0.491 e. The van der Waals surface area contributed by atoms with Crippen molar-refractivity contribution >= 4 is 17.2 Å². The molecule has 1 fully saturated rings. The summed E-state index contributed by atoms with van der Waals surface area (Å²) in [4.78, 5) is 18.0. The number of carbonyl (C=O) groups is 1. The van der Waals surface area contributed by atoms with Gasteiger partial charge in [-0.05, 0) is 41.6 Å². The zero-order valence-electron chi connectivity index (χ0n) is 15.1. The van der Waals surface area contributed by atoms with Gasteiger partial charge in [-0.2, -0.15) is 0 Å². The maximum Gasteiger partial charge on any atom is 0.264 e. The van der Waals surface area contributed by atoms with E-state index in [1.165, 1.54) is 16.9 Å². The van der Waals surface area contributed by atoms with Crippen molar-refractivity contribution in [1.82, 2.24) is 9.80 Å². The highest BCUT2D eigenvalue weighted by molar-refractivity contribution is 7.12.